The standard InChI is InChI=1S/C19H19N3O4/c1-3-25-15-9-7-13(8-10-15)19(23)20-12-17-21-18(22-26-17)14-5-4-6-16(11-14)24-2/h4-11H,3,12H2,1-2H3,(H,20,23). The van der Waals surface area contributed by atoms with E-state index in [0.29, 0.717) is 29.6 Å². The molecule has 26 heavy (non-hydrogen) atoms. The molecule has 0 saturated heterocycles. The van der Waals surface area contributed by atoms with Gasteiger partial charge in [0.05, 0.1) is 20.3 Å². The van der Waals surface area contributed by atoms with Gasteiger partial charge in [-0.15, -0.1) is 0 Å². The third-order valence-corrected chi connectivity index (χ3v) is 3.62. The molecule has 0 spiro atoms. The molecule has 3 rings (SSSR count). The highest BCUT2D eigenvalue weighted by Gasteiger charge is 2.11. The van der Waals surface area contributed by atoms with Crippen LogP contribution in [0.25, 0.3) is 11.4 Å². The number of methoxy groups -OCH3 is 1. The normalized spacial score (nSPS) is 10.4. The molecule has 1 heterocycles. The van der Waals surface area contributed by atoms with Gasteiger partial charge in [0.25, 0.3) is 5.91 Å². The minimum Gasteiger partial charge on any atom is -0.497 e. The van der Waals surface area contributed by atoms with E-state index in [-0.39, 0.29) is 12.5 Å². The topological polar surface area (TPSA) is 86.5 Å². The maximum Gasteiger partial charge on any atom is 0.251 e. The maximum absolute atomic E-state index is 12.2. The Morgan fingerprint density at radius 3 is 2.69 bits per heavy atom. The van der Waals surface area contributed by atoms with Crippen molar-refractivity contribution in [1.82, 2.24) is 15.5 Å². The molecule has 0 saturated carbocycles. The van der Waals surface area contributed by atoms with E-state index in [1.807, 2.05) is 31.2 Å². The van der Waals surface area contributed by atoms with E-state index >= 15 is 0 Å². The van der Waals surface area contributed by atoms with Crippen molar-refractivity contribution in [3.63, 3.8) is 0 Å². The quantitative estimate of drug-likeness (QED) is 0.702. The summed E-state index contributed by atoms with van der Waals surface area (Å²) in [7, 11) is 1.59. The number of aromatic nitrogens is 2. The fraction of sp³-hybridized carbons (Fsp3) is 0.211. The summed E-state index contributed by atoms with van der Waals surface area (Å²) in [6, 6.07) is 14.3. The summed E-state index contributed by atoms with van der Waals surface area (Å²) in [5.74, 6) is 1.96. The van der Waals surface area contributed by atoms with Gasteiger partial charge in [0.2, 0.25) is 11.7 Å². The predicted molar refractivity (Wildman–Crippen MR) is 95.1 cm³/mol. The molecule has 0 unspecified atom stereocenters. The molecule has 2 aromatic carbocycles. The first-order chi connectivity index (χ1) is 12.7. The lowest BCUT2D eigenvalue weighted by atomic mass is 10.2. The van der Waals surface area contributed by atoms with Gasteiger partial charge in [-0.1, -0.05) is 17.3 Å². The lowest BCUT2D eigenvalue weighted by Crippen LogP contribution is -2.22. The van der Waals surface area contributed by atoms with E-state index in [1.165, 1.54) is 0 Å². The summed E-state index contributed by atoms with van der Waals surface area (Å²) in [6.07, 6.45) is 0. The smallest absolute Gasteiger partial charge is 0.251 e. The Morgan fingerprint density at radius 2 is 1.96 bits per heavy atom. The molecule has 0 atom stereocenters. The van der Waals surface area contributed by atoms with Gasteiger partial charge in [-0.25, -0.2) is 0 Å². The number of rotatable bonds is 7. The van der Waals surface area contributed by atoms with Gasteiger partial charge in [0, 0.05) is 11.1 Å². The first kappa shape index (κ1) is 17.5. The van der Waals surface area contributed by atoms with Gasteiger partial charge in [0.1, 0.15) is 11.5 Å². The summed E-state index contributed by atoms with van der Waals surface area (Å²) >= 11 is 0. The SMILES string of the molecule is CCOc1ccc(C(=O)NCc2nc(-c3cccc(OC)c3)no2)cc1. The second kappa shape index (κ2) is 8.15. The van der Waals surface area contributed by atoms with Crippen molar-refractivity contribution in [3.05, 3.63) is 60.0 Å². The number of carbonyl (C=O) groups excluding carboxylic acids is 1. The Morgan fingerprint density at radius 1 is 1.15 bits per heavy atom. The highest BCUT2D eigenvalue weighted by molar-refractivity contribution is 5.94. The number of benzene rings is 2. The molecule has 0 radical (unpaired) electrons. The average molecular weight is 353 g/mol. The van der Waals surface area contributed by atoms with E-state index < -0.39 is 0 Å². The van der Waals surface area contributed by atoms with Crippen LogP contribution in [0.15, 0.2) is 53.1 Å². The van der Waals surface area contributed by atoms with Crippen LogP contribution in [0.1, 0.15) is 23.2 Å². The van der Waals surface area contributed by atoms with Gasteiger partial charge in [-0.2, -0.15) is 4.98 Å². The van der Waals surface area contributed by atoms with E-state index in [0.717, 1.165) is 11.3 Å². The summed E-state index contributed by atoms with van der Waals surface area (Å²) in [5.41, 5.74) is 1.30. The molecule has 0 bridgehead atoms. The minimum absolute atomic E-state index is 0.142. The van der Waals surface area contributed by atoms with E-state index in [4.69, 9.17) is 14.0 Å². The monoisotopic (exact) mass is 353 g/mol. The molecule has 0 fully saturated rings. The first-order valence-corrected chi connectivity index (χ1v) is 8.17. The number of amides is 1. The Balaban J connectivity index is 1.61. The molecule has 1 aromatic heterocycles. The zero-order chi connectivity index (χ0) is 18.4. The highest BCUT2D eigenvalue weighted by Crippen LogP contribution is 2.21. The summed E-state index contributed by atoms with van der Waals surface area (Å²) < 4.78 is 15.7. The van der Waals surface area contributed by atoms with Crippen LogP contribution in [0.4, 0.5) is 0 Å². The predicted octanol–water partition coefficient (Wildman–Crippen LogP) is 3.07. The summed E-state index contributed by atoms with van der Waals surface area (Å²) in [6.45, 7) is 2.63. The zero-order valence-corrected chi connectivity index (χ0v) is 14.6. The number of nitrogens with zero attached hydrogens (tertiary/aromatic N) is 2. The molecule has 7 nitrogen and oxygen atoms in total. The molecular formula is C19H19N3O4. The van der Waals surface area contributed by atoms with Gasteiger partial charge in [-0.3, -0.25) is 4.79 Å². The van der Waals surface area contributed by atoms with Crippen LogP contribution in [0.2, 0.25) is 0 Å². The molecule has 134 valence electrons. The molecule has 1 amide bonds. The van der Waals surface area contributed by atoms with Gasteiger partial charge in [0.15, 0.2) is 0 Å². The fourth-order valence-electron chi connectivity index (χ4n) is 2.33. The maximum atomic E-state index is 12.2. The van der Waals surface area contributed by atoms with Crippen LogP contribution in [0.5, 0.6) is 11.5 Å². The number of carbonyl (C=O) groups is 1. The Labute approximate surface area is 150 Å². The van der Waals surface area contributed by atoms with Crippen molar-refractivity contribution >= 4 is 5.91 Å². The highest BCUT2D eigenvalue weighted by atomic mass is 16.5. The lowest BCUT2D eigenvalue weighted by molar-refractivity contribution is 0.0946. The Hall–Kier alpha value is -3.35. The van der Waals surface area contributed by atoms with E-state index in [1.54, 1.807) is 31.4 Å². The minimum atomic E-state index is -0.228. The van der Waals surface area contributed by atoms with Crippen molar-refractivity contribution in [2.24, 2.45) is 0 Å². The van der Waals surface area contributed by atoms with Crippen molar-refractivity contribution in [1.29, 1.82) is 0 Å². The fourth-order valence-corrected chi connectivity index (χ4v) is 2.33. The Kier molecular flexibility index (Phi) is 5.48. The van der Waals surface area contributed by atoms with Crippen LogP contribution in [-0.2, 0) is 6.54 Å². The summed E-state index contributed by atoms with van der Waals surface area (Å²) in [4.78, 5) is 16.5. The molecular weight excluding hydrogens is 334 g/mol. The second-order valence-electron chi connectivity index (χ2n) is 5.38. The third-order valence-electron chi connectivity index (χ3n) is 3.62. The number of nitrogens with one attached hydrogen (secondary N) is 1. The summed E-state index contributed by atoms with van der Waals surface area (Å²) in [5, 5.41) is 6.69. The van der Waals surface area contributed by atoms with Crippen LogP contribution >= 0.6 is 0 Å². The molecule has 3 aromatic rings. The molecule has 0 aliphatic carbocycles. The van der Waals surface area contributed by atoms with Gasteiger partial charge < -0.3 is 19.3 Å². The van der Waals surface area contributed by atoms with Gasteiger partial charge in [-0.05, 0) is 43.3 Å². The van der Waals surface area contributed by atoms with Crippen LogP contribution in [0, 0.1) is 0 Å². The molecule has 7 heteroatoms. The van der Waals surface area contributed by atoms with Crippen molar-refractivity contribution < 1.29 is 18.8 Å². The molecule has 1 N–H and O–H groups in total. The average Bonchev–Trinajstić information content (AvgIpc) is 3.16. The van der Waals surface area contributed by atoms with Crippen molar-refractivity contribution in [2.45, 2.75) is 13.5 Å². The van der Waals surface area contributed by atoms with Crippen molar-refractivity contribution in [2.75, 3.05) is 13.7 Å². The molecule has 0 aliphatic heterocycles. The number of hydrogen-bond acceptors (Lipinski definition) is 6. The van der Waals surface area contributed by atoms with Gasteiger partial charge >= 0.3 is 0 Å². The van der Waals surface area contributed by atoms with E-state index in [2.05, 4.69) is 15.5 Å². The van der Waals surface area contributed by atoms with Crippen LogP contribution in [-0.4, -0.2) is 29.8 Å². The zero-order valence-electron chi connectivity index (χ0n) is 14.6. The van der Waals surface area contributed by atoms with E-state index in [9.17, 15) is 4.79 Å². The molecule has 0 aliphatic rings. The Bertz CT molecular complexity index is 875. The second-order valence-corrected chi connectivity index (χ2v) is 5.38. The lowest BCUT2D eigenvalue weighted by Gasteiger charge is -2.05. The largest absolute Gasteiger partial charge is 0.497 e. The first-order valence-electron chi connectivity index (χ1n) is 8.17. The number of hydrogen-bond donors (Lipinski definition) is 1. The van der Waals surface area contributed by atoms with Crippen molar-refractivity contribution in [3.8, 4) is 22.9 Å². The third kappa shape index (κ3) is 4.18. The van der Waals surface area contributed by atoms with Crippen LogP contribution < -0.4 is 14.8 Å². The number of ether oxygens (including phenoxy) is 2. The van der Waals surface area contributed by atoms with Crippen LogP contribution in [0.3, 0.4) is 0 Å².